The van der Waals surface area contributed by atoms with E-state index in [1.165, 1.54) is 0 Å². The van der Waals surface area contributed by atoms with Gasteiger partial charge >= 0.3 is 5.97 Å². The van der Waals surface area contributed by atoms with E-state index in [1.807, 2.05) is 24.9 Å². The Morgan fingerprint density at radius 2 is 2.00 bits per heavy atom. The Morgan fingerprint density at radius 1 is 1.37 bits per heavy atom. The highest BCUT2D eigenvalue weighted by atomic mass is 16.5. The summed E-state index contributed by atoms with van der Waals surface area (Å²) in [6.07, 6.45) is 0. The van der Waals surface area contributed by atoms with Crippen LogP contribution in [0.5, 0.6) is 11.5 Å². The summed E-state index contributed by atoms with van der Waals surface area (Å²) < 4.78 is 10.6. The molecule has 1 unspecified atom stereocenters. The van der Waals surface area contributed by atoms with Gasteiger partial charge in [0, 0.05) is 19.7 Å². The summed E-state index contributed by atoms with van der Waals surface area (Å²) in [5.41, 5.74) is 1.87. The molecule has 1 atom stereocenters. The Balaban J connectivity index is 3.08. The third-order valence-corrected chi connectivity index (χ3v) is 3.05. The lowest BCUT2D eigenvalue weighted by molar-refractivity contribution is -0.140. The zero-order chi connectivity index (χ0) is 14.6. The number of aryl methyl sites for hydroxylation is 1. The van der Waals surface area contributed by atoms with Crippen LogP contribution in [0.25, 0.3) is 0 Å². The SMILES string of the molecule is COc1cc(C)c(N(C)CC(C)C(=O)O)c(OC)c1. The molecular weight excluding hydrogens is 246 g/mol. The highest BCUT2D eigenvalue weighted by Gasteiger charge is 2.18. The Kier molecular flexibility index (Phi) is 5.03. The fourth-order valence-corrected chi connectivity index (χ4v) is 2.06. The molecule has 5 nitrogen and oxygen atoms in total. The molecule has 0 fully saturated rings. The van der Waals surface area contributed by atoms with Gasteiger partial charge in [-0.25, -0.2) is 0 Å². The van der Waals surface area contributed by atoms with E-state index in [-0.39, 0.29) is 0 Å². The van der Waals surface area contributed by atoms with Gasteiger partial charge in [0.1, 0.15) is 11.5 Å². The first-order chi connectivity index (χ1) is 8.90. The fourth-order valence-electron chi connectivity index (χ4n) is 2.06. The quantitative estimate of drug-likeness (QED) is 0.856. The van der Waals surface area contributed by atoms with Gasteiger partial charge in [0.25, 0.3) is 0 Å². The van der Waals surface area contributed by atoms with Gasteiger partial charge in [-0.1, -0.05) is 6.92 Å². The fraction of sp³-hybridized carbons (Fsp3) is 0.500. The minimum Gasteiger partial charge on any atom is -0.497 e. The van der Waals surface area contributed by atoms with Crippen LogP contribution >= 0.6 is 0 Å². The maximum absolute atomic E-state index is 10.9. The van der Waals surface area contributed by atoms with E-state index in [2.05, 4.69) is 0 Å². The molecule has 0 saturated heterocycles. The first-order valence-electron chi connectivity index (χ1n) is 6.07. The topological polar surface area (TPSA) is 59.0 Å². The third kappa shape index (κ3) is 3.53. The van der Waals surface area contributed by atoms with Gasteiger partial charge in [-0.15, -0.1) is 0 Å². The molecule has 0 radical (unpaired) electrons. The number of aliphatic carboxylic acids is 1. The van der Waals surface area contributed by atoms with Crippen molar-refractivity contribution in [3.63, 3.8) is 0 Å². The molecule has 0 bridgehead atoms. The maximum Gasteiger partial charge on any atom is 0.308 e. The van der Waals surface area contributed by atoms with Crippen molar-refractivity contribution in [1.29, 1.82) is 0 Å². The lowest BCUT2D eigenvalue weighted by atomic mass is 10.1. The van der Waals surface area contributed by atoms with Crippen molar-refractivity contribution in [3.8, 4) is 11.5 Å². The minimum atomic E-state index is -0.808. The number of methoxy groups -OCH3 is 2. The number of benzene rings is 1. The summed E-state index contributed by atoms with van der Waals surface area (Å²) in [5.74, 6) is 0.142. The largest absolute Gasteiger partial charge is 0.497 e. The highest BCUT2D eigenvalue weighted by molar-refractivity contribution is 5.72. The van der Waals surface area contributed by atoms with Crippen LogP contribution in [0.15, 0.2) is 12.1 Å². The van der Waals surface area contributed by atoms with Crippen LogP contribution in [0.1, 0.15) is 12.5 Å². The van der Waals surface area contributed by atoms with Crippen molar-refractivity contribution < 1.29 is 19.4 Å². The van der Waals surface area contributed by atoms with Gasteiger partial charge in [-0.2, -0.15) is 0 Å². The van der Waals surface area contributed by atoms with Crippen LogP contribution in [0.4, 0.5) is 5.69 Å². The molecule has 0 aliphatic carbocycles. The molecule has 106 valence electrons. The average Bonchev–Trinajstić information content (AvgIpc) is 2.36. The number of carboxylic acids is 1. The van der Waals surface area contributed by atoms with Crippen molar-refractivity contribution in [1.82, 2.24) is 0 Å². The zero-order valence-electron chi connectivity index (χ0n) is 12.1. The van der Waals surface area contributed by atoms with Gasteiger partial charge in [0.2, 0.25) is 0 Å². The second-order valence-corrected chi connectivity index (χ2v) is 4.61. The molecule has 1 N–H and O–H groups in total. The number of anilines is 1. The summed E-state index contributed by atoms with van der Waals surface area (Å²) >= 11 is 0. The summed E-state index contributed by atoms with van der Waals surface area (Å²) in [4.78, 5) is 12.8. The van der Waals surface area contributed by atoms with Crippen LogP contribution in [0.3, 0.4) is 0 Å². The summed E-state index contributed by atoms with van der Waals surface area (Å²) in [6, 6.07) is 3.70. The molecule has 19 heavy (non-hydrogen) atoms. The standard InChI is InChI=1S/C14H21NO4/c1-9-6-11(18-4)7-12(19-5)13(9)15(3)8-10(2)14(16)17/h6-7,10H,8H2,1-5H3,(H,16,17). The third-order valence-electron chi connectivity index (χ3n) is 3.05. The number of hydrogen-bond acceptors (Lipinski definition) is 4. The molecule has 1 aromatic rings. The van der Waals surface area contributed by atoms with E-state index in [0.717, 1.165) is 17.0 Å². The number of carboxylic acid groups (broad SMARTS) is 1. The summed E-state index contributed by atoms with van der Waals surface area (Å²) in [7, 11) is 5.05. The molecule has 0 aromatic heterocycles. The molecule has 0 spiro atoms. The molecule has 1 rings (SSSR count). The minimum absolute atomic E-state index is 0.416. The molecule has 0 aliphatic rings. The molecule has 0 aliphatic heterocycles. The summed E-state index contributed by atoms with van der Waals surface area (Å²) in [5, 5.41) is 8.98. The first-order valence-corrected chi connectivity index (χ1v) is 6.07. The average molecular weight is 267 g/mol. The van der Waals surface area contributed by atoms with Gasteiger partial charge in [0.05, 0.1) is 25.8 Å². The Morgan fingerprint density at radius 3 is 2.47 bits per heavy atom. The smallest absolute Gasteiger partial charge is 0.308 e. The second kappa shape index (κ2) is 6.31. The molecule has 0 heterocycles. The van der Waals surface area contributed by atoms with E-state index in [4.69, 9.17) is 14.6 Å². The van der Waals surface area contributed by atoms with Gasteiger partial charge < -0.3 is 19.5 Å². The molecule has 0 amide bonds. The van der Waals surface area contributed by atoms with Crippen molar-refractivity contribution in [3.05, 3.63) is 17.7 Å². The zero-order valence-corrected chi connectivity index (χ0v) is 12.1. The Bertz CT molecular complexity index is 459. The lowest BCUT2D eigenvalue weighted by Crippen LogP contribution is -2.29. The van der Waals surface area contributed by atoms with Gasteiger partial charge in [0.15, 0.2) is 0 Å². The lowest BCUT2D eigenvalue weighted by Gasteiger charge is -2.25. The number of carbonyl (C=O) groups is 1. The predicted octanol–water partition coefficient (Wildman–Crippen LogP) is 2.17. The predicted molar refractivity (Wildman–Crippen MR) is 74.4 cm³/mol. The second-order valence-electron chi connectivity index (χ2n) is 4.61. The van der Waals surface area contributed by atoms with E-state index in [0.29, 0.717) is 12.3 Å². The Hall–Kier alpha value is -1.91. The molecule has 1 aromatic carbocycles. The van der Waals surface area contributed by atoms with Crippen LogP contribution in [0, 0.1) is 12.8 Å². The molecule has 5 heteroatoms. The maximum atomic E-state index is 10.9. The van der Waals surface area contributed by atoms with Gasteiger partial charge in [-0.3, -0.25) is 4.79 Å². The van der Waals surface area contributed by atoms with Crippen molar-refractivity contribution >= 4 is 11.7 Å². The highest BCUT2D eigenvalue weighted by Crippen LogP contribution is 2.35. The van der Waals surface area contributed by atoms with Crippen LogP contribution < -0.4 is 14.4 Å². The van der Waals surface area contributed by atoms with E-state index in [1.54, 1.807) is 27.2 Å². The van der Waals surface area contributed by atoms with Gasteiger partial charge in [-0.05, 0) is 18.6 Å². The van der Waals surface area contributed by atoms with Crippen LogP contribution in [0.2, 0.25) is 0 Å². The number of rotatable bonds is 6. The Labute approximate surface area is 113 Å². The molecule has 0 saturated carbocycles. The monoisotopic (exact) mass is 267 g/mol. The van der Waals surface area contributed by atoms with Crippen molar-refractivity contribution in [2.75, 3.05) is 32.7 Å². The van der Waals surface area contributed by atoms with E-state index < -0.39 is 11.9 Å². The van der Waals surface area contributed by atoms with E-state index >= 15 is 0 Å². The normalized spacial score (nSPS) is 11.8. The van der Waals surface area contributed by atoms with E-state index in [9.17, 15) is 4.79 Å². The van der Waals surface area contributed by atoms with Crippen molar-refractivity contribution in [2.24, 2.45) is 5.92 Å². The first kappa shape index (κ1) is 15.1. The van der Waals surface area contributed by atoms with Crippen molar-refractivity contribution in [2.45, 2.75) is 13.8 Å². The number of nitrogens with zero attached hydrogens (tertiary/aromatic N) is 1. The summed E-state index contributed by atoms with van der Waals surface area (Å²) in [6.45, 7) is 4.05. The number of ether oxygens (including phenoxy) is 2. The van der Waals surface area contributed by atoms with Crippen LogP contribution in [-0.4, -0.2) is 38.9 Å². The molecular formula is C14H21NO4. The number of hydrogen-bond donors (Lipinski definition) is 1. The van der Waals surface area contributed by atoms with Crippen LogP contribution in [-0.2, 0) is 4.79 Å².